The molecule has 0 aromatic carbocycles. The Labute approximate surface area is 257 Å². The number of imidazole rings is 2. The van der Waals surface area contributed by atoms with Crippen LogP contribution in [0.4, 0.5) is 11.9 Å². The molecule has 7 heterocycles. The molecule has 23 heteroatoms. The first kappa shape index (κ1) is 30.8. The van der Waals surface area contributed by atoms with Crippen LogP contribution in [0.25, 0.3) is 22.3 Å². The van der Waals surface area contributed by atoms with Crippen molar-refractivity contribution in [2.45, 2.75) is 55.6 Å². The van der Waals surface area contributed by atoms with Crippen molar-refractivity contribution in [2.75, 3.05) is 38.9 Å². The van der Waals surface area contributed by atoms with Gasteiger partial charge in [0, 0.05) is 27.1 Å². The van der Waals surface area contributed by atoms with E-state index < -0.39 is 68.3 Å². The summed E-state index contributed by atoms with van der Waals surface area (Å²) in [5.74, 6) is -2.65. The Morgan fingerprint density at radius 2 is 1.57 bits per heavy atom. The maximum absolute atomic E-state index is 13.4. The van der Waals surface area contributed by atoms with Crippen LogP contribution in [0, 0.1) is 0 Å². The Kier molecular flexibility index (Phi) is 7.28. The SMILES string of the molecule is COCC1O[C@@H]2C[C@@H]1OP(=O)([O-])OCC1O[C@H](C[C@@H]1OC)[n+]1cn(c3c(=O)[nH]c(N)nc31)C(N)(N)n1c[n+]2c2nc(N)[nH]c(=O)c21. The van der Waals surface area contributed by atoms with Crippen LogP contribution in [0.3, 0.4) is 0 Å². The third-order valence-electron chi connectivity index (χ3n) is 8.29. The summed E-state index contributed by atoms with van der Waals surface area (Å²) in [6, 6.07) is 0. The number of anilines is 2. The zero-order chi connectivity index (χ0) is 32.7. The second-order valence-electron chi connectivity index (χ2n) is 11.2. The third kappa shape index (κ3) is 4.90. The van der Waals surface area contributed by atoms with Crippen molar-refractivity contribution >= 4 is 42.0 Å². The number of nitrogens with one attached hydrogen (secondary N) is 2. The Morgan fingerprint density at radius 3 is 2.11 bits per heavy atom. The van der Waals surface area contributed by atoms with Crippen molar-refractivity contribution in [1.82, 2.24) is 29.1 Å². The fraction of sp³-hybridized carbons (Fsp3) is 0.565. The molecule has 0 radical (unpaired) electrons. The molecule has 3 unspecified atom stereocenters. The molecule has 8 bridgehead atoms. The molecule has 0 spiro atoms. The van der Waals surface area contributed by atoms with Crippen LogP contribution >= 0.6 is 7.82 Å². The smallest absolute Gasteiger partial charge is 0.327 e. The van der Waals surface area contributed by atoms with Crippen molar-refractivity contribution < 1.29 is 46.6 Å². The molecule has 3 aliphatic rings. The molecule has 0 saturated carbocycles. The van der Waals surface area contributed by atoms with Gasteiger partial charge in [-0.15, -0.1) is 0 Å². The summed E-state index contributed by atoms with van der Waals surface area (Å²) < 4.78 is 52.2. The summed E-state index contributed by atoms with van der Waals surface area (Å²) in [4.78, 5) is 53.3. The highest BCUT2D eigenvalue weighted by atomic mass is 31.2. The molecule has 10 N–H and O–H groups in total. The number of hydrogen-bond donors (Lipinski definition) is 6. The molecule has 4 aromatic heterocycles. The maximum Gasteiger partial charge on any atom is 0.327 e. The molecular formula is C23H32N12O10P+. The molecule has 7 atom stereocenters. The number of H-pyrrole nitrogens is 2. The van der Waals surface area contributed by atoms with Crippen LogP contribution in [-0.4, -0.2) is 80.9 Å². The van der Waals surface area contributed by atoms with Gasteiger partial charge in [-0.2, -0.15) is 9.13 Å². The third-order valence-corrected chi connectivity index (χ3v) is 9.28. The summed E-state index contributed by atoms with van der Waals surface area (Å²) >= 11 is 0. The summed E-state index contributed by atoms with van der Waals surface area (Å²) in [6.07, 6.45) is -2.59. The van der Waals surface area contributed by atoms with Gasteiger partial charge in [-0.3, -0.25) is 35.6 Å². The normalized spacial score (nSPS) is 31.1. The van der Waals surface area contributed by atoms with Gasteiger partial charge < -0.3 is 44.4 Å². The van der Waals surface area contributed by atoms with Gasteiger partial charge in [-0.25, -0.2) is 9.13 Å². The molecule has 22 nitrogen and oxygen atoms in total. The molecule has 0 amide bonds. The van der Waals surface area contributed by atoms with E-state index in [9.17, 15) is 19.0 Å². The molecule has 4 aromatic rings. The largest absolute Gasteiger partial charge is 0.756 e. The van der Waals surface area contributed by atoms with Gasteiger partial charge >= 0.3 is 17.2 Å². The summed E-state index contributed by atoms with van der Waals surface area (Å²) in [6.45, 7) is -0.510. The second kappa shape index (κ2) is 10.9. The lowest BCUT2D eigenvalue weighted by Crippen LogP contribution is -2.58. The average Bonchev–Trinajstić information content (AvgIpc) is 3.74. The topological polar surface area (TPSA) is 309 Å². The number of fused-ring (bicyclic) bond motifs is 16. The minimum absolute atomic E-state index is 0.0171. The predicted molar refractivity (Wildman–Crippen MR) is 150 cm³/mol. The van der Waals surface area contributed by atoms with Crippen LogP contribution in [0.15, 0.2) is 22.2 Å². The molecule has 46 heavy (non-hydrogen) atoms. The number of aromatic amines is 2. The highest BCUT2D eigenvalue weighted by Crippen LogP contribution is 2.45. The molecule has 7 rings (SSSR count). The zero-order valence-electron chi connectivity index (χ0n) is 24.5. The number of nitrogens with zero attached hydrogens (tertiary/aromatic N) is 6. The van der Waals surface area contributed by atoms with Gasteiger partial charge in [0.15, 0.2) is 25.1 Å². The summed E-state index contributed by atoms with van der Waals surface area (Å²) in [5.41, 5.74) is 23.7. The number of nitrogens with two attached hydrogens (primary N) is 4. The van der Waals surface area contributed by atoms with Gasteiger partial charge in [0.05, 0.1) is 19.3 Å². The minimum Gasteiger partial charge on any atom is -0.756 e. The van der Waals surface area contributed by atoms with E-state index in [4.69, 9.17) is 50.9 Å². The van der Waals surface area contributed by atoms with Gasteiger partial charge in [0.25, 0.3) is 30.8 Å². The minimum atomic E-state index is -4.96. The van der Waals surface area contributed by atoms with Gasteiger partial charge in [0.1, 0.15) is 18.3 Å². The van der Waals surface area contributed by atoms with E-state index in [1.165, 1.54) is 45.1 Å². The van der Waals surface area contributed by atoms with Crippen molar-refractivity contribution in [3.63, 3.8) is 0 Å². The van der Waals surface area contributed by atoms with E-state index in [1.807, 2.05) is 0 Å². The van der Waals surface area contributed by atoms with E-state index in [2.05, 4.69) is 19.9 Å². The lowest BCUT2D eigenvalue weighted by atomic mass is 10.2. The van der Waals surface area contributed by atoms with Crippen molar-refractivity contribution in [2.24, 2.45) is 11.5 Å². The Hall–Kier alpha value is -3.83. The first-order chi connectivity index (χ1) is 21.8. The number of phosphoric ester groups is 1. The van der Waals surface area contributed by atoms with Crippen LogP contribution in [-0.2, 0) is 38.5 Å². The van der Waals surface area contributed by atoms with Gasteiger partial charge in [-0.1, -0.05) is 9.97 Å². The highest BCUT2D eigenvalue weighted by Gasteiger charge is 2.48. The number of methoxy groups -OCH3 is 2. The first-order valence-corrected chi connectivity index (χ1v) is 15.5. The standard InChI is InChI=1S/C23H31N12O10P/c1-40-5-11-10-4-14(43-11)33-8-35(16-18(33)29-22(25)31-20(16)37)23(26,27)34-7-32(17-15(34)19(36)30-21(24)28-17)13-3-9(41-2)12(44-13)6-42-46(38,39)45-10/h7-14H,3-6,26-27H2,1-2H3,(H5-2,24,25,28,29,30,31,36,37,38,39)/p+1/t9-,10-,11?,12?,13+,14+/m0/s1. The quantitative estimate of drug-likeness (QED) is 0.0683. The maximum atomic E-state index is 13.4. The van der Waals surface area contributed by atoms with E-state index >= 15 is 0 Å². The number of rotatable bonds is 3. The monoisotopic (exact) mass is 667 g/mol. The Bertz CT molecular complexity index is 2010. The molecular weight excluding hydrogens is 635 g/mol. The molecule has 2 fully saturated rings. The van der Waals surface area contributed by atoms with Crippen LogP contribution in [0.1, 0.15) is 25.3 Å². The number of phosphoric acid groups is 1. The van der Waals surface area contributed by atoms with E-state index in [1.54, 1.807) is 0 Å². The van der Waals surface area contributed by atoms with E-state index in [0.717, 1.165) is 0 Å². The molecule has 3 aliphatic heterocycles. The average molecular weight is 668 g/mol. The first-order valence-electron chi connectivity index (χ1n) is 14.0. The predicted octanol–water partition coefficient (Wildman–Crippen LogP) is -4.34. The van der Waals surface area contributed by atoms with Crippen molar-refractivity contribution in [3.8, 4) is 0 Å². The molecule has 2 saturated heterocycles. The van der Waals surface area contributed by atoms with Gasteiger partial charge in [0.2, 0.25) is 11.0 Å². The summed E-state index contributed by atoms with van der Waals surface area (Å²) in [7, 11) is -2.12. The Balaban J connectivity index is 1.50. The lowest BCUT2D eigenvalue weighted by Gasteiger charge is -2.29. The Morgan fingerprint density at radius 1 is 1.00 bits per heavy atom. The number of hydrogen-bond acceptors (Lipinski definition) is 16. The van der Waals surface area contributed by atoms with Crippen LogP contribution in [0.5, 0.6) is 0 Å². The number of nitrogen functional groups attached to an aromatic ring is 2. The van der Waals surface area contributed by atoms with E-state index in [0.29, 0.717) is 0 Å². The van der Waals surface area contributed by atoms with Crippen LogP contribution < -0.4 is 48.1 Å². The lowest BCUT2D eigenvalue weighted by molar-refractivity contribution is -0.740. The molecule has 248 valence electrons. The number of aromatic nitrogens is 8. The van der Waals surface area contributed by atoms with E-state index in [-0.39, 0.29) is 53.7 Å². The fourth-order valence-corrected chi connectivity index (χ4v) is 7.16. The summed E-state index contributed by atoms with van der Waals surface area (Å²) in [5, 5.41) is 0. The van der Waals surface area contributed by atoms with Crippen molar-refractivity contribution in [3.05, 3.63) is 33.4 Å². The van der Waals surface area contributed by atoms with Crippen LogP contribution in [0.2, 0.25) is 0 Å². The highest BCUT2D eigenvalue weighted by molar-refractivity contribution is 7.45. The second-order valence-corrected chi connectivity index (χ2v) is 12.5. The zero-order valence-corrected chi connectivity index (χ0v) is 25.4. The molecule has 0 aliphatic carbocycles. The van der Waals surface area contributed by atoms with Crippen molar-refractivity contribution in [1.29, 1.82) is 0 Å². The van der Waals surface area contributed by atoms with Gasteiger partial charge in [-0.05, 0) is 0 Å². The number of ether oxygens (including phenoxy) is 4. The fourth-order valence-electron chi connectivity index (χ4n) is 6.22.